The van der Waals surface area contributed by atoms with Gasteiger partial charge in [0.25, 0.3) is 0 Å². The number of benzene rings is 1. The third-order valence-corrected chi connectivity index (χ3v) is 3.33. The van der Waals surface area contributed by atoms with Gasteiger partial charge in [-0.3, -0.25) is 4.79 Å². The number of aliphatic carboxylic acids is 1. The van der Waals surface area contributed by atoms with Crippen molar-refractivity contribution in [2.75, 3.05) is 12.8 Å². The zero-order chi connectivity index (χ0) is 13.1. The van der Waals surface area contributed by atoms with Gasteiger partial charge >= 0.3 is 5.97 Å². The topological polar surface area (TPSA) is 97.5 Å². The summed E-state index contributed by atoms with van der Waals surface area (Å²) >= 11 is 0. The standard InChI is InChI=1S/C11H15NO4S/c1-17(15,16)10-5-8(2-3-12)4-9(6-10)7-11(13)14/h4-6H,2-3,7,12H2,1H3,(H,13,14). The van der Waals surface area contributed by atoms with Gasteiger partial charge in [0.15, 0.2) is 9.84 Å². The van der Waals surface area contributed by atoms with Crippen LogP contribution in [-0.2, 0) is 27.5 Å². The van der Waals surface area contributed by atoms with E-state index in [1.54, 1.807) is 6.07 Å². The maximum absolute atomic E-state index is 11.4. The Balaban J connectivity index is 3.23. The van der Waals surface area contributed by atoms with E-state index in [0.29, 0.717) is 18.5 Å². The van der Waals surface area contributed by atoms with Crippen LogP contribution in [0, 0.1) is 0 Å². The lowest BCUT2D eigenvalue weighted by atomic mass is 10.1. The molecule has 17 heavy (non-hydrogen) atoms. The fraction of sp³-hybridized carbons (Fsp3) is 0.364. The summed E-state index contributed by atoms with van der Waals surface area (Å²) in [6, 6.07) is 4.60. The SMILES string of the molecule is CS(=O)(=O)c1cc(CCN)cc(CC(=O)O)c1. The molecule has 0 bridgehead atoms. The second kappa shape index (κ2) is 5.29. The Kier molecular flexibility index (Phi) is 4.25. The van der Waals surface area contributed by atoms with Crippen LogP contribution in [0.15, 0.2) is 23.1 Å². The van der Waals surface area contributed by atoms with E-state index < -0.39 is 15.8 Å². The quantitative estimate of drug-likeness (QED) is 0.786. The van der Waals surface area contributed by atoms with Gasteiger partial charge in [-0.2, -0.15) is 0 Å². The van der Waals surface area contributed by atoms with Gasteiger partial charge in [0.2, 0.25) is 0 Å². The predicted octanol–water partition coefficient (Wildman–Crippen LogP) is 0.218. The number of rotatable bonds is 5. The first-order valence-electron chi connectivity index (χ1n) is 5.07. The average Bonchev–Trinajstić information content (AvgIpc) is 2.15. The van der Waals surface area contributed by atoms with Gasteiger partial charge in [-0.15, -0.1) is 0 Å². The Hall–Kier alpha value is -1.40. The average molecular weight is 257 g/mol. The van der Waals surface area contributed by atoms with E-state index in [0.717, 1.165) is 11.8 Å². The van der Waals surface area contributed by atoms with Crippen molar-refractivity contribution in [3.63, 3.8) is 0 Å². The summed E-state index contributed by atoms with van der Waals surface area (Å²) in [6.07, 6.45) is 1.43. The molecule has 0 unspecified atom stereocenters. The van der Waals surface area contributed by atoms with E-state index in [9.17, 15) is 13.2 Å². The molecule has 1 rings (SSSR count). The van der Waals surface area contributed by atoms with E-state index in [-0.39, 0.29) is 11.3 Å². The van der Waals surface area contributed by atoms with Crippen molar-refractivity contribution in [2.45, 2.75) is 17.7 Å². The molecule has 1 aromatic carbocycles. The second-order valence-electron chi connectivity index (χ2n) is 3.87. The molecular weight excluding hydrogens is 242 g/mol. The number of sulfone groups is 1. The molecule has 0 aliphatic rings. The third-order valence-electron chi connectivity index (χ3n) is 2.24. The first kappa shape index (κ1) is 13.7. The monoisotopic (exact) mass is 257 g/mol. The Morgan fingerprint density at radius 3 is 2.35 bits per heavy atom. The van der Waals surface area contributed by atoms with Crippen LogP contribution < -0.4 is 5.73 Å². The lowest BCUT2D eigenvalue weighted by molar-refractivity contribution is -0.136. The summed E-state index contributed by atoms with van der Waals surface area (Å²) in [5.41, 5.74) is 6.62. The van der Waals surface area contributed by atoms with E-state index >= 15 is 0 Å². The smallest absolute Gasteiger partial charge is 0.307 e. The largest absolute Gasteiger partial charge is 0.481 e. The Morgan fingerprint density at radius 1 is 1.29 bits per heavy atom. The summed E-state index contributed by atoms with van der Waals surface area (Å²) in [5, 5.41) is 8.71. The minimum atomic E-state index is -3.34. The summed E-state index contributed by atoms with van der Waals surface area (Å²) in [4.78, 5) is 10.8. The third kappa shape index (κ3) is 4.16. The van der Waals surface area contributed by atoms with Crippen molar-refractivity contribution >= 4 is 15.8 Å². The zero-order valence-electron chi connectivity index (χ0n) is 9.51. The zero-order valence-corrected chi connectivity index (χ0v) is 10.3. The van der Waals surface area contributed by atoms with E-state index in [2.05, 4.69) is 0 Å². The molecule has 0 fully saturated rings. The molecule has 94 valence electrons. The van der Waals surface area contributed by atoms with Gasteiger partial charge in [0, 0.05) is 6.26 Å². The Labute approximate surface area is 100 Å². The molecule has 1 aromatic rings. The van der Waals surface area contributed by atoms with Crippen LogP contribution in [0.3, 0.4) is 0 Å². The van der Waals surface area contributed by atoms with Crippen LogP contribution in [0.2, 0.25) is 0 Å². The summed E-state index contributed by atoms with van der Waals surface area (Å²) in [7, 11) is -3.34. The fourth-order valence-electron chi connectivity index (χ4n) is 1.53. The van der Waals surface area contributed by atoms with Crippen molar-refractivity contribution in [1.82, 2.24) is 0 Å². The fourth-order valence-corrected chi connectivity index (χ4v) is 2.26. The van der Waals surface area contributed by atoms with Crippen LogP contribution in [0.5, 0.6) is 0 Å². The van der Waals surface area contributed by atoms with Crippen molar-refractivity contribution < 1.29 is 18.3 Å². The van der Waals surface area contributed by atoms with Crippen molar-refractivity contribution in [3.05, 3.63) is 29.3 Å². The Bertz CT molecular complexity index is 522. The maximum atomic E-state index is 11.4. The van der Waals surface area contributed by atoms with Crippen LogP contribution >= 0.6 is 0 Å². The van der Waals surface area contributed by atoms with Gasteiger partial charge < -0.3 is 10.8 Å². The second-order valence-corrected chi connectivity index (χ2v) is 5.88. The molecule has 0 aliphatic carbocycles. The molecule has 0 radical (unpaired) electrons. The molecule has 0 saturated carbocycles. The number of hydrogen-bond acceptors (Lipinski definition) is 4. The molecule has 0 amide bonds. The van der Waals surface area contributed by atoms with Gasteiger partial charge in [-0.25, -0.2) is 8.42 Å². The normalized spacial score (nSPS) is 11.4. The molecule has 0 aromatic heterocycles. The number of carboxylic acids is 1. The summed E-state index contributed by atoms with van der Waals surface area (Å²) in [6.45, 7) is 0.389. The van der Waals surface area contributed by atoms with Crippen molar-refractivity contribution in [2.24, 2.45) is 5.73 Å². The van der Waals surface area contributed by atoms with Crippen molar-refractivity contribution in [1.29, 1.82) is 0 Å². The molecule has 6 heteroatoms. The molecule has 3 N–H and O–H groups in total. The van der Waals surface area contributed by atoms with Crippen LogP contribution in [0.4, 0.5) is 0 Å². The number of nitrogens with two attached hydrogens (primary N) is 1. The molecular formula is C11H15NO4S. The van der Waals surface area contributed by atoms with E-state index in [4.69, 9.17) is 10.8 Å². The van der Waals surface area contributed by atoms with Gasteiger partial charge in [-0.1, -0.05) is 6.07 Å². The van der Waals surface area contributed by atoms with Crippen LogP contribution in [-0.4, -0.2) is 32.3 Å². The number of carbonyl (C=O) groups is 1. The summed E-state index contributed by atoms with van der Waals surface area (Å²) < 4.78 is 22.9. The van der Waals surface area contributed by atoms with E-state index in [1.807, 2.05) is 0 Å². The van der Waals surface area contributed by atoms with Gasteiger partial charge in [-0.05, 0) is 36.2 Å². The Morgan fingerprint density at radius 2 is 1.88 bits per heavy atom. The molecule has 0 spiro atoms. The maximum Gasteiger partial charge on any atom is 0.307 e. The highest BCUT2D eigenvalue weighted by Crippen LogP contribution is 2.16. The molecule has 0 atom stereocenters. The first-order chi connectivity index (χ1) is 7.82. The highest BCUT2D eigenvalue weighted by molar-refractivity contribution is 7.90. The highest BCUT2D eigenvalue weighted by Gasteiger charge is 2.11. The lowest BCUT2D eigenvalue weighted by Gasteiger charge is -2.07. The lowest BCUT2D eigenvalue weighted by Crippen LogP contribution is -2.07. The number of carboxylic acid groups (broad SMARTS) is 1. The molecule has 0 aliphatic heterocycles. The van der Waals surface area contributed by atoms with Crippen LogP contribution in [0.1, 0.15) is 11.1 Å². The van der Waals surface area contributed by atoms with Crippen molar-refractivity contribution in [3.8, 4) is 0 Å². The minimum Gasteiger partial charge on any atom is -0.481 e. The van der Waals surface area contributed by atoms with E-state index in [1.165, 1.54) is 12.1 Å². The predicted molar refractivity (Wildman–Crippen MR) is 63.7 cm³/mol. The van der Waals surface area contributed by atoms with Crippen LogP contribution in [0.25, 0.3) is 0 Å². The molecule has 0 heterocycles. The highest BCUT2D eigenvalue weighted by atomic mass is 32.2. The number of hydrogen-bond donors (Lipinski definition) is 2. The van der Waals surface area contributed by atoms with Gasteiger partial charge in [0.05, 0.1) is 11.3 Å². The minimum absolute atomic E-state index is 0.139. The summed E-state index contributed by atoms with van der Waals surface area (Å²) in [5.74, 6) is -0.991. The van der Waals surface area contributed by atoms with Gasteiger partial charge in [0.1, 0.15) is 0 Å². The molecule has 0 saturated heterocycles. The first-order valence-corrected chi connectivity index (χ1v) is 6.97. The molecule has 5 nitrogen and oxygen atoms in total.